The topological polar surface area (TPSA) is 38.5 Å². The smallest absolute Gasteiger partial charge is 0.123 e. The minimum absolute atomic E-state index is 0.0397. The largest absolute Gasteiger partial charge is 0.496 e. The van der Waals surface area contributed by atoms with Gasteiger partial charge in [0.2, 0.25) is 0 Å². The highest BCUT2D eigenvalue weighted by Crippen LogP contribution is 2.25. The third kappa shape index (κ3) is 5.43. The molecule has 0 saturated carbocycles. The second-order valence-corrected chi connectivity index (χ2v) is 5.60. The van der Waals surface area contributed by atoms with Crippen molar-refractivity contribution in [2.24, 2.45) is 5.73 Å². The van der Waals surface area contributed by atoms with E-state index < -0.39 is 0 Å². The van der Waals surface area contributed by atoms with Gasteiger partial charge in [0.25, 0.3) is 0 Å². The third-order valence-electron chi connectivity index (χ3n) is 3.28. The fourth-order valence-corrected chi connectivity index (χ4v) is 2.99. The predicted molar refractivity (Wildman–Crippen MR) is 85.0 cm³/mol. The van der Waals surface area contributed by atoms with Gasteiger partial charge in [-0.15, -0.1) is 0 Å². The van der Waals surface area contributed by atoms with Gasteiger partial charge in [-0.25, -0.2) is 0 Å². The van der Waals surface area contributed by atoms with E-state index in [0.29, 0.717) is 0 Å². The van der Waals surface area contributed by atoms with Crippen LogP contribution in [0, 0.1) is 0 Å². The van der Waals surface area contributed by atoms with Gasteiger partial charge in [0.1, 0.15) is 5.75 Å². The van der Waals surface area contributed by atoms with Crippen molar-refractivity contribution >= 4 is 11.8 Å². The third-order valence-corrected chi connectivity index (χ3v) is 4.35. The van der Waals surface area contributed by atoms with Crippen LogP contribution >= 0.6 is 11.8 Å². The molecule has 0 fully saturated rings. The maximum atomic E-state index is 6.24. The van der Waals surface area contributed by atoms with Gasteiger partial charge in [0.05, 0.1) is 7.11 Å². The van der Waals surface area contributed by atoms with Gasteiger partial charge < -0.3 is 15.4 Å². The summed E-state index contributed by atoms with van der Waals surface area (Å²) in [6.45, 7) is 7.78. The molecule has 1 aromatic rings. The lowest BCUT2D eigenvalue weighted by Gasteiger charge is -2.19. The Morgan fingerprint density at radius 1 is 1.26 bits per heavy atom. The second-order valence-electron chi connectivity index (χ2n) is 4.45. The van der Waals surface area contributed by atoms with Crippen LogP contribution in [0.1, 0.15) is 25.5 Å². The van der Waals surface area contributed by atoms with Crippen LogP contribution in [0.3, 0.4) is 0 Å². The molecule has 0 aromatic heterocycles. The highest BCUT2D eigenvalue weighted by atomic mass is 32.2. The lowest BCUT2D eigenvalue weighted by atomic mass is 10.1. The number of benzene rings is 1. The Bertz CT molecular complexity index is 356. The zero-order chi connectivity index (χ0) is 14.1. The Labute approximate surface area is 121 Å². The van der Waals surface area contributed by atoms with Crippen LogP contribution < -0.4 is 10.5 Å². The van der Waals surface area contributed by atoms with Crippen molar-refractivity contribution in [3.8, 4) is 5.75 Å². The van der Waals surface area contributed by atoms with E-state index in [9.17, 15) is 0 Å². The molecule has 0 amide bonds. The summed E-state index contributed by atoms with van der Waals surface area (Å²) in [7, 11) is 1.69. The molecule has 19 heavy (non-hydrogen) atoms. The molecule has 1 atom stereocenters. The first-order valence-corrected chi connectivity index (χ1v) is 8.06. The average molecular weight is 282 g/mol. The van der Waals surface area contributed by atoms with Crippen LogP contribution in [0.4, 0.5) is 0 Å². The summed E-state index contributed by atoms with van der Waals surface area (Å²) in [5, 5.41) is 0. The molecule has 0 aliphatic rings. The van der Waals surface area contributed by atoms with Gasteiger partial charge in [-0.05, 0) is 19.2 Å². The van der Waals surface area contributed by atoms with E-state index in [2.05, 4.69) is 24.8 Å². The van der Waals surface area contributed by atoms with Gasteiger partial charge in [-0.2, -0.15) is 11.8 Å². The lowest BCUT2D eigenvalue weighted by molar-refractivity contribution is 0.324. The van der Waals surface area contributed by atoms with Gasteiger partial charge in [-0.3, -0.25) is 0 Å². The summed E-state index contributed by atoms with van der Waals surface area (Å²) < 4.78 is 5.35. The van der Waals surface area contributed by atoms with Crippen LogP contribution in [0.5, 0.6) is 5.75 Å². The number of nitrogens with two attached hydrogens (primary N) is 1. The molecule has 0 spiro atoms. The first kappa shape index (κ1) is 16.3. The molecule has 4 heteroatoms. The monoisotopic (exact) mass is 282 g/mol. The van der Waals surface area contributed by atoms with E-state index in [-0.39, 0.29) is 6.04 Å². The molecule has 0 radical (unpaired) electrons. The zero-order valence-corrected chi connectivity index (χ0v) is 13.1. The van der Waals surface area contributed by atoms with Gasteiger partial charge in [0.15, 0.2) is 0 Å². The van der Waals surface area contributed by atoms with Crippen molar-refractivity contribution in [2.75, 3.05) is 38.2 Å². The molecule has 0 heterocycles. The standard InChI is InChI=1S/C15H26N2OS/c1-4-17(5-2)10-11-19-12-14(16)13-8-6-7-9-15(13)18-3/h6-9,14H,4-5,10-12,16H2,1-3H3. The SMILES string of the molecule is CCN(CC)CCSCC(N)c1ccccc1OC. The molecule has 108 valence electrons. The van der Waals surface area contributed by atoms with Crippen LogP contribution in [0.25, 0.3) is 0 Å². The van der Waals surface area contributed by atoms with Crippen molar-refractivity contribution < 1.29 is 4.74 Å². The maximum absolute atomic E-state index is 6.24. The quantitative estimate of drug-likeness (QED) is 0.707. The Morgan fingerprint density at radius 2 is 1.95 bits per heavy atom. The van der Waals surface area contributed by atoms with Crippen LogP contribution in [0.2, 0.25) is 0 Å². The van der Waals surface area contributed by atoms with E-state index in [1.54, 1.807) is 7.11 Å². The Hall–Kier alpha value is -0.710. The van der Waals surface area contributed by atoms with Crippen molar-refractivity contribution in [3.05, 3.63) is 29.8 Å². The number of thioether (sulfide) groups is 1. The molecule has 0 aliphatic heterocycles. The number of hydrogen-bond acceptors (Lipinski definition) is 4. The first-order valence-electron chi connectivity index (χ1n) is 6.91. The molecular weight excluding hydrogens is 256 g/mol. The van der Waals surface area contributed by atoms with Crippen LogP contribution in [-0.2, 0) is 0 Å². The summed E-state index contributed by atoms with van der Waals surface area (Å²) in [5.41, 5.74) is 7.34. The van der Waals surface area contributed by atoms with Crippen LogP contribution in [0.15, 0.2) is 24.3 Å². The van der Waals surface area contributed by atoms with E-state index in [4.69, 9.17) is 10.5 Å². The second kappa shape index (κ2) is 9.23. The van der Waals surface area contributed by atoms with E-state index >= 15 is 0 Å². The zero-order valence-electron chi connectivity index (χ0n) is 12.3. The number of para-hydroxylation sites is 1. The maximum Gasteiger partial charge on any atom is 0.123 e. The van der Waals surface area contributed by atoms with E-state index in [1.807, 2.05) is 30.0 Å². The van der Waals surface area contributed by atoms with Gasteiger partial charge in [-0.1, -0.05) is 32.0 Å². The fraction of sp³-hybridized carbons (Fsp3) is 0.600. The highest BCUT2D eigenvalue weighted by molar-refractivity contribution is 7.99. The minimum atomic E-state index is 0.0397. The molecule has 1 unspecified atom stereocenters. The lowest BCUT2D eigenvalue weighted by Crippen LogP contribution is -2.25. The number of rotatable bonds is 9. The number of hydrogen-bond donors (Lipinski definition) is 1. The predicted octanol–water partition coefficient (Wildman–Crippen LogP) is 2.77. The summed E-state index contributed by atoms with van der Waals surface area (Å²) in [4.78, 5) is 2.43. The van der Waals surface area contributed by atoms with Crippen molar-refractivity contribution in [2.45, 2.75) is 19.9 Å². The van der Waals surface area contributed by atoms with Crippen molar-refractivity contribution in [3.63, 3.8) is 0 Å². The van der Waals surface area contributed by atoms with E-state index in [0.717, 1.165) is 42.5 Å². The number of nitrogens with zero attached hydrogens (tertiary/aromatic N) is 1. The summed E-state index contributed by atoms with van der Waals surface area (Å²) in [6, 6.07) is 8.04. The molecule has 0 saturated heterocycles. The van der Waals surface area contributed by atoms with E-state index in [1.165, 1.54) is 0 Å². The average Bonchev–Trinajstić information content (AvgIpc) is 2.47. The molecule has 0 bridgehead atoms. The Kier molecular flexibility index (Phi) is 7.94. The molecule has 1 aromatic carbocycles. The fourth-order valence-electron chi connectivity index (χ4n) is 2.01. The number of methoxy groups -OCH3 is 1. The first-order chi connectivity index (χ1) is 9.22. The summed E-state index contributed by atoms with van der Waals surface area (Å²) >= 11 is 1.91. The Morgan fingerprint density at radius 3 is 2.58 bits per heavy atom. The van der Waals surface area contributed by atoms with Gasteiger partial charge >= 0.3 is 0 Å². The molecule has 1 rings (SSSR count). The number of ether oxygens (including phenoxy) is 1. The molecule has 0 aliphatic carbocycles. The van der Waals surface area contributed by atoms with Crippen LogP contribution in [-0.4, -0.2) is 43.1 Å². The highest BCUT2D eigenvalue weighted by Gasteiger charge is 2.11. The molecule has 2 N–H and O–H groups in total. The molecule has 3 nitrogen and oxygen atoms in total. The van der Waals surface area contributed by atoms with Gasteiger partial charge in [0, 0.05) is 29.7 Å². The Balaban J connectivity index is 2.37. The van der Waals surface area contributed by atoms with Crippen molar-refractivity contribution in [1.29, 1.82) is 0 Å². The summed E-state index contributed by atoms with van der Waals surface area (Å²) in [5.74, 6) is 2.95. The summed E-state index contributed by atoms with van der Waals surface area (Å²) in [6.07, 6.45) is 0. The minimum Gasteiger partial charge on any atom is -0.496 e. The van der Waals surface area contributed by atoms with Crippen molar-refractivity contribution in [1.82, 2.24) is 4.90 Å². The molecular formula is C15H26N2OS. The normalized spacial score (nSPS) is 12.7.